The molecule has 0 aliphatic carbocycles. The maximum absolute atomic E-state index is 12.2. The van der Waals surface area contributed by atoms with Crippen LogP contribution in [0.5, 0.6) is 5.75 Å². The third-order valence-corrected chi connectivity index (χ3v) is 6.00. The first-order chi connectivity index (χ1) is 11.8. The molecule has 1 saturated heterocycles. The second kappa shape index (κ2) is 8.39. The Kier molecular flexibility index (Phi) is 5.98. The molecule has 0 bridgehead atoms. The van der Waals surface area contributed by atoms with Gasteiger partial charge in [0, 0.05) is 42.9 Å². The maximum Gasteiger partial charge on any atom is 0.222 e. The van der Waals surface area contributed by atoms with Crippen molar-refractivity contribution in [1.82, 2.24) is 9.88 Å². The van der Waals surface area contributed by atoms with Gasteiger partial charge in [0.1, 0.15) is 10.1 Å². The molecule has 1 atom stereocenters. The molecule has 1 fully saturated rings. The van der Waals surface area contributed by atoms with Crippen LogP contribution in [0.3, 0.4) is 0 Å². The number of thiazole rings is 1. The highest BCUT2D eigenvalue weighted by atomic mass is 32.2. The standard InChI is InChI=1S/C17H21N3O2S2/c1-22-15-5-3-2-4-14(15)19-12-13-6-7-16(21)20(13)9-11-24-17-18-8-10-23-17/h2-5,8,10,13,19H,6-7,9,11-12H2,1H3/t13-/m1/s1. The SMILES string of the molecule is COc1ccccc1NC[C@H]1CCC(=O)N1CCSc1nccs1. The zero-order valence-electron chi connectivity index (χ0n) is 13.6. The van der Waals surface area contributed by atoms with E-state index in [0.29, 0.717) is 6.42 Å². The van der Waals surface area contributed by atoms with Crippen molar-refractivity contribution in [3.05, 3.63) is 35.8 Å². The Bertz CT molecular complexity index is 664. The van der Waals surface area contributed by atoms with Crippen molar-refractivity contribution in [2.24, 2.45) is 0 Å². The van der Waals surface area contributed by atoms with E-state index in [0.717, 1.165) is 41.0 Å². The summed E-state index contributed by atoms with van der Waals surface area (Å²) in [5.41, 5.74) is 0.969. The minimum absolute atomic E-state index is 0.235. The third kappa shape index (κ3) is 4.21. The lowest BCUT2D eigenvalue weighted by atomic mass is 10.2. The first-order valence-electron chi connectivity index (χ1n) is 7.96. The summed E-state index contributed by atoms with van der Waals surface area (Å²) in [7, 11) is 1.67. The van der Waals surface area contributed by atoms with Gasteiger partial charge in [-0.2, -0.15) is 0 Å². The lowest BCUT2D eigenvalue weighted by Gasteiger charge is -2.25. The highest BCUT2D eigenvalue weighted by molar-refractivity contribution is 8.01. The van der Waals surface area contributed by atoms with Crippen molar-refractivity contribution in [3.63, 3.8) is 0 Å². The van der Waals surface area contributed by atoms with Gasteiger partial charge in [0.2, 0.25) is 5.91 Å². The van der Waals surface area contributed by atoms with Gasteiger partial charge in [0.25, 0.3) is 0 Å². The summed E-state index contributed by atoms with van der Waals surface area (Å²) in [6.45, 7) is 1.51. The summed E-state index contributed by atoms with van der Waals surface area (Å²) in [5, 5.41) is 5.40. The van der Waals surface area contributed by atoms with Gasteiger partial charge in [-0.05, 0) is 18.6 Å². The summed E-state index contributed by atoms with van der Waals surface area (Å²) in [4.78, 5) is 18.4. The fourth-order valence-corrected chi connectivity index (χ4v) is 4.49. The fourth-order valence-electron chi connectivity index (χ4n) is 2.84. The number of nitrogens with one attached hydrogen (secondary N) is 1. The number of carbonyl (C=O) groups is 1. The number of aromatic nitrogens is 1. The molecule has 2 heterocycles. The molecule has 0 radical (unpaired) electrons. The number of thioether (sulfide) groups is 1. The Balaban J connectivity index is 1.52. The molecule has 1 N–H and O–H groups in total. The van der Waals surface area contributed by atoms with Gasteiger partial charge < -0.3 is 15.0 Å². The molecule has 1 aliphatic heterocycles. The van der Waals surface area contributed by atoms with E-state index in [9.17, 15) is 4.79 Å². The number of hydrogen-bond donors (Lipinski definition) is 1. The van der Waals surface area contributed by atoms with E-state index in [4.69, 9.17) is 4.74 Å². The van der Waals surface area contributed by atoms with Gasteiger partial charge in [0.15, 0.2) is 0 Å². The lowest BCUT2D eigenvalue weighted by molar-refractivity contribution is -0.128. The Morgan fingerprint density at radius 1 is 1.46 bits per heavy atom. The van der Waals surface area contributed by atoms with Crippen LogP contribution in [0.2, 0.25) is 0 Å². The predicted octanol–water partition coefficient (Wildman–Crippen LogP) is 3.35. The van der Waals surface area contributed by atoms with Crippen LogP contribution in [0.25, 0.3) is 0 Å². The Hall–Kier alpha value is -1.73. The van der Waals surface area contributed by atoms with Gasteiger partial charge in [-0.3, -0.25) is 4.79 Å². The van der Waals surface area contributed by atoms with Gasteiger partial charge in [-0.15, -0.1) is 11.3 Å². The summed E-state index contributed by atoms with van der Waals surface area (Å²) in [6, 6.07) is 8.10. The number of methoxy groups -OCH3 is 1. The van der Waals surface area contributed by atoms with E-state index in [1.807, 2.05) is 40.7 Å². The summed E-state index contributed by atoms with van der Waals surface area (Å²) in [5.74, 6) is 1.96. The van der Waals surface area contributed by atoms with E-state index in [1.165, 1.54) is 0 Å². The summed E-state index contributed by atoms with van der Waals surface area (Å²) >= 11 is 3.35. The minimum Gasteiger partial charge on any atom is -0.495 e. The van der Waals surface area contributed by atoms with E-state index in [1.54, 1.807) is 30.2 Å². The highest BCUT2D eigenvalue weighted by Gasteiger charge is 2.30. The maximum atomic E-state index is 12.2. The van der Waals surface area contributed by atoms with Crippen LogP contribution >= 0.6 is 23.1 Å². The van der Waals surface area contributed by atoms with E-state index >= 15 is 0 Å². The number of ether oxygens (including phenoxy) is 1. The molecule has 1 aromatic heterocycles. The largest absolute Gasteiger partial charge is 0.495 e. The lowest BCUT2D eigenvalue weighted by Crippen LogP contribution is -2.39. The third-order valence-electron chi connectivity index (χ3n) is 4.06. The highest BCUT2D eigenvalue weighted by Crippen LogP contribution is 2.26. The van der Waals surface area contributed by atoms with Crippen molar-refractivity contribution < 1.29 is 9.53 Å². The predicted molar refractivity (Wildman–Crippen MR) is 99.1 cm³/mol. The Labute approximate surface area is 150 Å². The summed E-state index contributed by atoms with van der Waals surface area (Å²) < 4.78 is 6.42. The van der Waals surface area contributed by atoms with Crippen LogP contribution in [-0.2, 0) is 4.79 Å². The Morgan fingerprint density at radius 2 is 2.33 bits per heavy atom. The van der Waals surface area contributed by atoms with Crippen molar-refractivity contribution in [3.8, 4) is 5.75 Å². The number of hydrogen-bond acceptors (Lipinski definition) is 6. The molecule has 0 saturated carbocycles. The van der Waals surface area contributed by atoms with Gasteiger partial charge in [0.05, 0.1) is 12.8 Å². The number of benzene rings is 1. The van der Waals surface area contributed by atoms with Gasteiger partial charge in [-0.25, -0.2) is 4.98 Å². The topological polar surface area (TPSA) is 54.5 Å². The number of likely N-dealkylation sites (tertiary alicyclic amines) is 1. The molecule has 24 heavy (non-hydrogen) atoms. The zero-order chi connectivity index (χ0) is 16.8. The van der Waals surface area contributed by atoms with E-state index in [2.05, 4.69) is 10.3 Å². The molecule has 7 heteroatoms. The Morgan fingerprint density at radius 3 is 3.12 bits per heavy atom. The second-order valence-electron chi connectivity index (χ2n) is 5.51. The van der Waals surface area contributed by atoms with Crippen LogP contribution in [-0.4, -0.2) is 47.8 Å². The molecule has 0 spiro atoms. The second-order valence-corrected chi connectivity index (χ2v) is 7.74. The number of rotatable bonds is 8. The van der Waals surface area contributed by atoms with Gasteiger partial charge >= 0.3 is 0 Å². The number of amides is 1. The first kappa shape index (κ1) is 17.1. The first-order valence-corrected chi connectivity index (χ1v) is 9.83. The van der Waals surface area contributed by atoms with E-state index in [-0.39, 0.29) is 11.9 Å². The van der Waals surface area contributed by atoms with Crippen LogP contribution in [0.4, 0.5) is 5.69 Å². The van der Waals surface area contributed by atoms with Crippen molar-refractivity contribution >= 4 is 34.7 Å². The van der Waals surface area contributed by atoms with Crippen LogP contribution < -0.4 is 10.1 Å². The van der Waals surface area contributed by atoms with E-state index < -0.39 is 0 Å². The molecule has 5 nitrogen and oxygen atoms in total. The molecule has 128 valence electrons. The normalized spacial score (nSPS) is 17.3. The number of nitrogens with zero attached hydrogens (tertiary/aromatic N) is 2. The monoisotopic (exact) mass is 363 g/mol. The molecule has 2 aromatic rings. The quantitative estimate of drug-likeness (QED) is 0.729. The van der Waals surface area contributed by atoms with Crippen molar-refractivity contribution in [2.75, 3.05) is 31.3 Å². The van der Waals surface area contributed by atoms with Crippen molar-refractivity contribution in [1.29, 1.82) is 0 Å². The molecule has 1 aliphatic rings. The van der Waals surface area contributed by atoms with Gasteiger partial charge in [-0.1, -0.05) is 23.9 Å². The number of carbonyl (C=O) groups excluding carboxylic acids is 1. The molecule has 3 rings (SSSR count). The molecule has 0 unspecified atom stereocenters. The molecule has 1 aromatic carbocycles. The van der Waals surface area contributed by atoms with Crippen LogP contribution in [0, 0.1) is 0 Å². The van der Waals surface area contributed by atoms with Crippen LogP contribution in [0.15, 0.2) is 40.2 Å². The number of para-hydroxylation sites is 2. The number of anilines is 1. The zero-order valence-corrected chi connectivity index (χ0v) is 15.2. The fraction of sp³-hybridized carbons (Fsp3) is 0.412. The molecular weight excluding hydrogens is 342 g/mol. The molecule has 1 amide bonds. The van der Waals surface area contributed by atoms with Crippen LogP contribution in [0.1, 0.15) is 12.8 Å². The average Bonchev–Trinajstić information content (AvgIpc) is 3.24. The summed E-state index contributed by atoms with van der Waals surface area (Å²) in [6.07, 6.45) is 3.36. The van der Waals surface area contributed by atoms with Crippen molar-refractivity contribution in [2.45, 2.75) is 23.2 Å². The molecular formula is C17H21N3O2S2. The smallest absolute Gasteiger partial charge is 0.222 e. The average molecular weight is 364 g/mol. The minimum atomic E-state index is 0.235.